The Balaban J connectivity index is 1.13. The summed E-state index contributed by atoms with van der Waals surface area (Å²) in [6, 6.07) is 42.9. The maximum atomic E-state index is 5.13. The second-order valence-electron chi connectivity index (χ2n) is 11.3. The second-order valence-corrected chi connectivity index (χ2v) is 12.4. The number of nitrogens with zero attached hydrogens (tertiary/aromatic N) is 2. The number of amidine groups is 1. The number of rotatable bonds is 4. The van der Waals surface area contributed by atoms with Gasteiger partial charge in [-0.05, 0) is 23.8 Å². The molecule has 4 heterocycles. The van der Waals surface area contributed by atoms with Gasteiger partial charge in [-0.1, -0.05) is 115 Å². The summed E-state index contributed by atoms with van der Waals surface area (Å²) in [6.45, 7) is 0. The van der Waals surface area contributed by atoms with Crippen LogP contribution in [0.5, 0.6) is 0 Å². The highest BCUT2D eigenvalue weighted by Gasteiger charge is 2.28. The van der Waals surface area contributed by atoms with Gasteiger partial charge in [0.15, 0.2) is 0 Å². The fourth-order valence-electron chi connectivity index (χ4n) is 6.66. The molecule has 0 amide bonds. The van der Waals surface area contributed by atoms with Gasteiger partial charge in [-0.25, -0.2) is 4.99 Å². The highest BCUT2D eigenvalue weighted by atomic mass is 32.1. The van der Waals surface area contributed by atoms with E-state index in [9.17, 15) is 0 Å². The Kier molecular flexibility index (Phi) is 5.89. The number of benzene rings is 5. The standard InChI is InChI=1S/C38H29N5S/c1-3-11-24(12-4-1)36-40-37(25-13-5-2-6-14-25)42-38(41-36)26-19-22-33(39-23-26)43-31-17-9-7-15-27(31)29-20-21-30-28-16-8-10-18-32(28)44-35(30)34(29)43/h1-23,33,36,38-39,41H,(H,40,42). The molecule has 7 aromatic rings. The van der Waals surface area contributed by atoms with Crippen molar-refractivity contribution in [3.8, 4) is 0 Å². The van der Waals surface area contributed by atoms with Crippen molar-refractivity contribution in [3.05, 3.63) is 156 Å². The van der Waals surface area contributed by atoms with Gasteiger partial charge in [0.1, 0.15) is 24.3 Å². The minimum absolute atomic E-state index is 0.0406. The molecular formula is C38H29N5S. The van der Waals surface area contributed by atoms with Crippen molar-refractivity contribution >= 4 is 59.2 Å². The van der Waals surface area contributed by atoms with Crippen molar-refractivity contribution in [2.75, 3.05) is 0 Å². The third-order valence-electron chi connectivity index (χ3n) is 8.74. The van der Waals surface area contributed by atoms with Gasteiger partial charge in [-0.15, -0.1) is 11.3 Å². The molecule has 0 saturated carbocycles. The van der Waals surface area contributed by atoms with Gasteiger partial charge in [-0.3, -0.25) is 5.32 Å². The first-order valence-corrected chi connectivity index (χ1v) is 15.8. The van der Waals surface area contributed by atoms with Crippen LogP contribution in [0.15, 0.2) is 150 Å². The fraction of sp³-hybridized carbons (Fsp3) is 0.0789. The maximum Gasteiger partial charge on any atom is 0.131 e. The molecule has 0 bridgehead atoms. The number of nitrogens with one attached hydrogen (secondary N) is 3. The summed E-state index contributed by atoms with van der Waals surface area (Å²) in [5, 5.41) is 16.3. The van der Waals surface area contributed by atoms with Crippen LogP contribution in [-0.2, 0) is 0 Å². The molecule has 0 aliphatic carbocycles. The van der Waals surface area contributed by atoms with E-state index in [4.69, 9.17) is 4.99 Å². The van der Waals surface area contributed by atoms with Gasteiger partial charge in [0.25, 0.3) is 0 Å². The van der Waals surface area contributed by atoms with Crippen LogP contribution in [0.2, 0.25) is 0 Å². The molecule has 3 atom stereocenters. The van der Waals surface area contributed by atoms with Crippen LogP contribution < -0.4 is 16.0 Å². The third kappa shape index (κ3) is 4.07. The molecular weight excluding hydrogens is 559 g/mol. The van der Waals surface area contributed by atoms with E-state index >= 15 is 0 Å². The van der Waals surface area contributed by atoms with Gasteiger partial charge in [0.2, 0.25) is 0 Å². The lowest BCUT2D eigenvalue weighted by molar-refractivity contribution is 0.431. The minimum Gasteiger partial charge on any atom is -0.367 e. The Morgan fingerprint density at radius 1 is 0.682 bits per heavy atom. The quantitative estimate of drug-likeness (QED) is 0.194. The smallest absolute Gasteiger partial charge is 0.131 e. The summed E-state index contributed by atoms with van der Waals surface area (Å²) in [6.07, 6.45) is 6.30. The van der Waals surface area contributed by atoms with Crippen molar-refractivity contribution in [1.82, 2.24) is 20.5 Å². The highest BCUT2D eigenvalue weighted by molar-refractivity contribution is 7.26. The van der Waals surface area contributed by atoms with E-state index in [1.54, 1.807) is 0 Å². The molecule has 5 nitrogen and oxygen atoms in total. The molecule has 212 valence electrons. The van der Waals surface area contributed by atoms with Crippen molar-refractivity contribution in [2.45, 2.75) is 18.5 Å². The number of thiophene rings is 1. The molecule has 6 heteroatoms. The Labute approximate surface area is 258 Å². The topological polar surface area (TPSA) is 53.4 Å². The number of aliphatic imine (C=N–C) groups is 1. The Morgan fingerprint density at radius 2 is 1.41 bits per heavy atom. The van der Waals surface area contributed by atoms with Crippen LogP contribution in [0, 0.1) is 0 Å². The molecule has 9 rings (SSSR count). The van der Waals surface area contributed by atoms with E-state index in [2.05, 4.69) is 148 Å². The average molecular weight is 588 g/mol. The number of dihydropyridines is 1. The molecule has 2 aliphatic rings. The van der Waals surface area contributed by atoms with Gasteiger partial charge >= 0.3 is 0 Å². The van der Waals surface area contributed by atoms with Crippen LogP contribution in [0.3, 0.4) is 0 Å². The van der Waals surface area contributed by atoms with E-state index in [0.717, 1.165) is 17.0 Å². The van der Waals surface area contributed by atoms with Crippen LogP contribution in [0.25, 0.3) is 42.0 Å². The summed E-state index contributed by atoms with van der Waals surface area (Å²) in [4.78, 5) is 5.13. The molecule has 5 aromatic carbocycles. The van der Waals surface area contributed by atoms with Gasteiger partial charge in [0, 0.05) is 43.6 Å². The molecule has 3 N–H and O–H groups in total. The second kappa shape index (κ2) is 10.2. The van der Waals surface area contributed by atoms with Crippen LogP contribution in [-0.4, -0.2) is 16.6 Å². The number of para-hydroxylation sites is 1. The van der Waals surface area contributed by atoms with E-state index in [-0.39, 0.29) is 18.5 Å². The van der Waals surface area contributed by atoms with Crippen LogP contribution in [0.4, 0.5) is 0 Å². The lowest BCUT2D eigenvalue weighted by Crippen LogP contribution is -2.49. The monoisotopic (exact) mass is 587 g/mol. The van der Waals surface area contributed by atoms with Crippen molar-refractivity contribution < 1.29 is 0 Å². The van der Waals surface area contributed by atoms with Crippen molar-refractivity contribution in [2.24, 2.45) is 4.99 Å². The zero-order chi connectivity index (χ0) is 29.0. The summed E-state index contributed by atoms with van der Waals surface area (Å²) >= 11 is 1.88. The number of aromatic nitrogens is 1. The molecule has 0 radical (unpaired) electrons. The Bertz CT molecular complexity index is 2280. The van der Waals surface area contributed by atoms with Crippen LogP contribution >= 0.6 is 11.3 Å². The minimum atomic E-state index is -0.214. The van der Waals surface area contributed by atoms with Gasteiger partial charge in [-0.2, -0.15) is 0 Å². The predicted molar refractivity (Wildman–Crippen MR) is 184 cm³/mol. The molecule has 44 heavy (non-hydrogen) atoms. The predicted octanol–water partition coefficient (Wildman–Crippen LogP) is 8.37. The fourth-order valence-corrected chi connectivity index (χ4v) is 7.91. The Hall–Kier alpha value is -5.17. The average Bonchev–Trinajstić information content (AvgIpc) is 3.65. The van der Waals surface area contributed by atoms with E-state index in [0.29, 0.717) is 0 Å². The molecule has 0 saturated heterocycles. The van der Waals surface area contributed by atoms with Gasteiger partial charge < -0.3 is 15.2 Å². The van der Waals surface area contributed by atoms with E-state index in [1.807, 2.05) is 23.5 Å². The zero-order valence-electron chi connectivity index (χ0n) is 23.8. The van der Waals surface area contributed by atoms with E-state index in [1.165, 1.54) is 47.5 Å². The van der Waals surface area contributed by atoms with E-state index < -0.39 is 0 Å². The molecule has 0 spiro atoms. The maximum absolute atomic E-state index is 5.13. The number of hydrogen-bond donors (Lipinski definition) is 3. The number of fused-ring (bicyclic) bond motifs is 7. The third-order valence-corrected chi connectivity index (χ3v) is 9.94. The van der Waals surface area contributed by atoms with Crippen molar-refractivity contribution in [3.63, 3.8) is 0 Å². The summed E-state index contributed by atoms with van der Waals surface area (Å²) in [5.74, 6) is 0.883. The first kappa shape index (κ1) is 25.3. The summed E-state index contributed by atoms with van der Waals surface area (Å²) in [7, 11) is 0. The van der Waals surface area contributed by atoms with Gasteiger partial charge in [0.05, 0.1) is 15.7 Å². The Morgan fingerprint density at radius 3 is 2.23 bits per heavy atom. The summed E-state index contributed by atoms with van der Waals surface area (Å²) in [5.41, 5.74) is 5.83. The molecule has 3 unspecified atom stereocenters. The molecule has 2 aliphatic heterocycles. The lowest BCUT2D eigenvalue weighted by Gasteiger charge is -2.33. The normalized spacial score (nSPS) is 20.0. The zero-order valence-corrected chi connectivity index (χ0v) is 24.6. The highest BCUT2D eigenvalue weighted by Crippen LogP contribution is 2.43. The first-order chi connectivity index (χ1) is 21.8. The first-order valence-electron chi connectivity index (χ1n) is 15.0. The SMILES string of the molecule is C1=CC(n2c3ccccc3c3ccc4c5ccccc5sc4c32)NC=C1C1N=C(c2ccccc2)NC(c2ccccc2)N1. The molecule has 2 aromatic heterocycles. The van der Waals surface area contributed by atoms with Crippen LogP contribution in [0.1, 0.15) is 23.5 Å². The molecule has 0 fully saturated rings. The number of hydrogen-bond acceptors (Lipinski definition) is 5. The largest absolute Gasteiger partial charge is 0.367 e. The summed E-state index contributed by atoms with van der Waals surface area (Å²) < 4.78 is 5.11. The lowest BCUT2D eigenvalue weighted by atomic mass is 10.1. The van der Waals surface area contributed by atoms with Crippen molar-refractivity contribution in [1.29, 1.82) is 0 Å².